The number of hydrogen-bond acceptors (Lipinski definition) is 4. The van der Waals surface area contributed by atoms with Gasteiger partial charge in [-0.25, -0.2) is 10.4 Å². The minimum absolute atomic E-state index is 0.203. The number of aromatic nitrogens is 3. The number of nitrogens with one attached hydrogen (secondary N) is 2. The van der Waals surface area contributed by atoms with Crippen molar-refractivity contribution in [1.29, 1.82) is 0 Å². The standard InChI is InChI=1S/C15H15N5O/c1-10-7-14(21)18-15(17-10)19-16-8-11-9-20(2)13-6-4-3-5-12(11)13/h3-9H,1-2H3,(H2,17,18,19,21)/b16-8-. The molecule has 0 bridgehead atoms. The van der Waals surface area contributed by atoms with Crippen LogP contribution in [0.1, 0.15) is 11.3 Å². The SMILES string of the molecule is Cc1cc(=O)[nH]c(N/N=C\c2cn(C)c3ccccc23)n1. The van der Waals surface area contributed by atoms with E-state index in [0.29, 0.717) is 11.6 Å². The third-order valence-corrected chi connectivity index (χ3v) is 3.17. The molecule has 0 amide bonds. The molecule has 0 fully saturated rings. The van der Waals surface area contributed by atoms with Crippen molar-refractivity contribution >= 4 is 23.1 Å². The van der Waals surface area contributed by atoms with E-state index in [9.17, 15) is 4.79 Å². The van der Waals surface area contributed by atoms with Crippen LogP contribution in [0.15, 0.2) is 46.4 Å². The summed E-state index contributed by atoms with van der Waals surface area (Å²) < 4.78 is 2.05. The molecule has 1 aromatic carbocycles. The molecule has 6 nitrogen and oxygen atoms in total. The van der Waals surface area contributed by atoms with Crippen LogP contribution < -0.4 is 11.0 Å². The second kappa shape index (κ2) is 5.24. The lowest BCUT2D eigenvalue weighted by Crippen LogP contribution is -2.10. The maximum atomic E-state index is 11.3. The van der Waals surface area contributed by atoms with Crippen LogP contribution in [0.4, 0.5) is 5.95 Å². The van der Waals surface area contributed by atoms with E-state index in [4.69, 9.17) is 0 Å². The number of fused-ring (bicyclic) bond motifs is 1. The Labute approximate surface area is 121 Å². The number of aromatic amines is 1. The van der Waals surface area contributed by atoms with Gasteiger partial charge >= 0.3 is 0 Å². The summed E-state index contributed by atoms with van der Waals surface area (Å²) in [7, 11) is 1.99. The summed E-state index contributed by atoms with van der Waals surface area (Å²) in [5.41, 5.74) is 5.32. The van der Waals surface area contributed by atoms with Crippen LogP contribution in [0.5, 0.6) is 0 Å². The van der Waals surface area contributed by atoms with Gasteiger partial charge in [-0.1, -0.05) is 18.2 Å². The predicted octanol–water partition coefficient (Wildman–Crippen LogP) is 2.02. The first-order valence-electron chi connectivity index (χ1n) is 6.54. The number of nitrogens with zero attached hydrogens (tertiary/aromatic N) is 3. The quantitative estimate of drug-likeness (QED) is 0.569. The lowest BCUT2D eigenvalue weighted by molar-refractivity contribution is 0.968. The molecule has 0 aliphatic rings. The number of anilines is 1. The Morgan fingerprint density at radius 3 is 3.00 bits per heavy atom. The molecule has 0 radical (unpaired) electrons. The van der Waals surface area contributed by atoms with E-state index < -0.39 is 0 Å². The number of hydrogen-bond donors (Lipinski definition) is 2. The van der Waals surface area contributed by atoms with Gasteiger partial charge in [-0.15, -0.1) is 0 Å². The third-order valence-electron chi connectivity index (χ3n) is 3.17. The summed E-state index contributed by atoms with van der Waals surface area (Å²) in [6.45, 7) is 1.76. The van der Waals surface area contributed by atoms with Gasteiger partial charge < -0.3 is 4.57 Å². The first-order valence-corrected chi connectivity index (χ1v) is 6.54. The van der Waals surface area contributed by atoms with Crippen LogP contribution >= 0.6 is 0 Å². The zero-order chi connectivity index (χ0) is 14.8. The van der Waals surface area contributed by atoms with Crippen molar-refractivity contribution in [3.63, 3.8) is 0 Å². The average Bonchev–Trinajstić information content (AvgIpc) is 2.75. The second-order valence-electron chi connectivity index (χ2n) is 4.82. The lowest BCUT2D eigenvalue weighted by atomic mass is 10.2. The average molecular weight is 281 g/mol. The number of para-hydroxylation sites is 1. The molecule has 0 spiro atoms. The van der Waals surface area contributed by atoms with Crippen LogP contribution in [0.25, 0.3) is 10.9 Å². The minimum atomic E-state index is -0.203. The first kappa shape index (κ1) is 13.1. The second-order valence-corrected chi connectivity index (χ2v) is 4.82. The highest BCUT2D eigenvalue weighted by molar-refractivity contribution is 5.99. The van der Waals surface area contributed by atoms with Crippen molar-refractivity contribution in [3.05, 3.63) is 58.1 Å². The molecule has 0 unspecified atom stereocenters. The highest BCUT2D eigenvalue weighted by Gasteiger charge is 2.03. The van der Waals surface area contributed by atoms with Crippen LogP contribution in [0.2, 0.25) is 0 Å². The Bertz CT molecular complexity index is 875. The van der Waals surface area contributed by atoms with Crippen LogP contribution in [-0.2, 0) is 7.05 Å². The Hall–Kier alpha value is -2.89. The summed E-state index contributed by atoms with van der Waals surface area (Å²) in [5, 5.41) is 5.26. The molecule has 21 heavy (non-hydrogen) atoms. The number of H-pyrrole nitrogens is 1. The molecular formula is C15H15N5O. The molecule has 6 heteroatoms. The summed E-state index contributed by atoms with van der Waals surface area (Å²) in [6.07, 6.45) is 3.72. The van der Waals surface area contributed by atoms with E-state index >= 15 is 0 Å². The molecule has 0 aliphatic carbocycles. The molecular weight excluding hydrogens is 266 g/mol. The van der Waals surface area contributed by atoms with Crippen LogP contribution in [0.3, 0.4) is 0 Å². The number of benzene rings is 1. The van der Waals surface area contributed by atoms with Crippen molar-refractivity contribution in [2.24, 2.45) is 12.1 Å². The number of hydrazone groups is 1. The molecule has 106 valence electrons. The van der Waals surface area contributed by atoms with Crippen molar-refractivity contribution in [3.8, 4) is 0 Å². The summed E-state index contributed by atoms with van der Waals surface area (Å²) in [6, 6.07) is 9.53. The van der Waals surface area contributed by atoms with Crippen molar-refractivity contribution in [2.45, 2.75) is 6.92 Å². The number of rotatable bonds is 3. The van der Waals surface area contributed by atoms with Crippen molar-refractivity contribution in [1.82, 2.24) is 14.5 Å². The predicted molar refractivity (Wildman–Crippen MR) is 83.7 cm³/mol. The fourth-order valence-corrected chi connectivity index (χ4v) is 2.27. The molecule has 0 atom stereocenters. The Kier molecular flexibility index (Phi) is 3.27. The van der Waals surface area contributed by atoms with E-state index in [1.807, 2.05) is 36.0 Å². The number of aryl methyl sites for hydroxylation is 2. The topological polar surface area (TPSA) is 75.1 Å². The first-order chi connectivity index (χ1) is 10.1. The van der Waals surface area contributed by atoms with Gasteiger partial charge in [0.1, 0.15) is 0 Å². The zero-order valence-electron chi connectivity index (χ0n) is 11.8. The van der Waals surface area contributed by atoms with Gasteiger partial charge in [0.2, 0.25) is 5.95 Å². The monoisotopic (exact) mass is 281 g/mol. The maximum absolute atomic E-state index is 11.3. The van der Waals surface area contributed by atoms with Gasteiger partial charge in [0.25, 0.3) is 5.56 Å². The fraction of sp³-hybridized carbons (Fsp3) is 0.133. The molecule has 3 rings (SSSR count). The smallest absolute Gasteiger partial charge is 0.252 e. The van der Waals surface area contributed by atoms with Gasteiger partial charge in [0, 0.05) is 41.5 Å². The Balaban J connectivity index is 1.86. The van der Waals surface area contributed by atoms with Crippen LogP contribution in [-0.4, -0.2) is 20.7 Å². The van der Waals surface area contributed by atoms with Crippen molar-refractivity contribution < 1.29 is 0 Å². The Morgan fingerprint density at radius 1 is 1.38 bits per heavy atom. The molecule has 3 aromatic rings. The van der Waals surface area contributed by atoms with E-state index in [1.165, 1.54) is 6.07 Å². The highest BCUT2D eigenvalue weighted by atomic mass is 16.1. The summed E-state index contributed by atoms with van der Waals surface area (Å²) in [4.78, 5) is 18.1. The van der Waals surface area contributed by atoms with Crippen molar-refractivity contribution in [2.75, 3.05) is 5.43 Å². The normalized spacial score (nSPS) is 11.3. The Morgan fingerprint density at radius 2 is 2.19 bits per heavy atom. The third kappa shape index (κ3) is 2.69. The van der Waals surface area contributed by atoms with Crippen LogP contribution in [0, 0.1) is 6.92 Å². The van der Waals surface area contributed by atoms with Gasteiger partial charge in [-0.2, -0.15) is 5.10 Å². The fourth-order valence-electron chi connectivity index (χ4n) is 2.27. The summed E-state index contributed by atoms with van der Waals surface area (Å²) in [5.74, 6) is 0.330. The molecule has 0 saturated carbocycles. The minimum Gasteiger partial charge on any atom is -0.350 e. The van der Waals surface area contributed by atoms with E-state index in [-0.39, 0.29) is 5.56 Å². The zero-order valence-corrected chi connectivity index (χ0v) is 11.8. The summed E-state index contributed by atoms with van der Waals surface area (Å²) >= 11 is 0. The molecule has 2 N–H and O–H groups in total. The van der Waals surface area contributed by atoms with E-state index in [1.54, 1.807) is 13.1 Å². The molecule has 0 saturated heterocycles. The lowest BCUT2D eigenvalue weighted by Gasteiger charge is -1.99. The molecule has 2 aromatic heterocycles. The maximum Gasteiger partial charge on any atom is 0.252 e. The molecule has 0 aliphatic heterocycles. The van der Waals surface area contributed by atoms with E-state index in [0.717, 1.165) is 16.5 Å². The van der Waals surface area contributed by atoms with Gasteiger partial charge in [0.15, 0.2) is 0 Å². The van der Waals surface area contributed by atoms with Gasteiger partial charge in [0.05, 0.1) is 6.21 Å². The van der Waals surface area contributed by atoms with E-state index in [2.05, 4.69) is 26.6 Å². The van der Waals surface area contributed by atoms with Gasteiger partial charge in [-0.05, 0) is 13.0 Å². The highest BCUT2D eigenvalue weighted by Crippen LogP contribution is 2.18. The molecule has 2 heterocycles. The van der Waals surface area contributed by atoms with Gasteiger partial charge in [-0.3, -0.25) is 9.78 Å². The largest absolute Gasteiger partial charge is 0.350 e.